The molecule has 0 spiro atoms. The fourth-order valence-corrected chi connectivity index (χ4v) is 2.86. The highest BCUT2D eigenvalue weighted by atomic mass is 16.5. The molecule has 0 aliphatic heterocycles. The van der Waals surface area contributed by atoms with Crippen molar-refractivity contribution in [3.63, 3.8) is 0 Å². The molecule has 4 nitrogen and oxygen atoms in total. The highest BCUT2D eigenvalue weighted by Gasteiger charge is 2.31. The molecule has 2 fully saturated rings. The minimum absolute atomic E-state index is 0.287. The zero-order valence-electron chi connectivity index (χ0n) is 11.0. The molecule has 1 N–H and O–H groups in total. The molecule has 1 aromatic heterocycles. The van der Waals surface area contributed by atoms with Crippen LogP contribution in [0.3, 0.4) is 0 Å². The summed E-state index contributed by atoms with van der Waals surface area (Å²) in [7, 11) is 0. The summed E-state index contributed by atoms with van der Waals surface area (Å²) in [5.74, 6) is 3.25. The van der Waals surface area contributed by atoms with Gasteiger partial charge >= 0.3 is 0 Å². The van der Waals surface area contributed by atoms with Gasteiger partial charge in [0.1, 0.15) is 0 Å². The minimum Gasteiger partial charge on any atom is -0.392 e. The largest absolute Gasteiger partial charge is 0.392 e. The van der Waals surface area contributed by atoms with Crippen molar-refractivity contribution in [3.8, 4) is 0 Å². The van der Waals surface area contributed by atoms with Gasteiger partial charge in [0.25, 0.3) is 0 Å². The summed E-state index contributed by atoms with van der Waals surface area (Å²) >= 11 is 0. The predicted octanol–water partition coefficient (Wildman–Crippen LogP) is 2.68. The molecule has 100 valence electrons. The van der Waals surface area contributed by atoms with Crippen LogP contribution in [0.2, 0.25) is 0 Å². The van der Waals surface area contributed by atoms with Crippen LogP contribution in [0.25, 0.3) is 0 Å². The molecule has 1 heterocycles. The van der Waals surface area contributed by atoms with Gasteiger partial charge in [0.2, 0.25) is 5.89 Å². The Kier molecular flexibility index (Phi) is 3.37. The Morgan fingerprint density at radius 3 is 2.61 bits per heavy atom. The average Bonchev–Trinajstić information content (AvgIpc) is 3.12. The van der Waals surface area contributed by atoms with Gasteiger partial charge in [0, 0.05) is 5.92 Å². The Balaban J connectivity index is 1.58. The number of aliphatic hydroxyl groups excluding tert-OH is 1. The lowest BCUT2D eigenvalue weighted by Crippen LogP contribution is -2.14. The average molecular weight is 250 g/mol. The lowest BCUT2D eigenvalue weighted by atomic mass is 9.83. The van der Waals surface area contributed by atoms with Crippen molar-refractivity contribution >= 4 is 0 Å². The number of nitrogens with zero attached hydrogens (tertiary/aromatic N) is 2. The summed E-state index contributed by atoms with van der Waals surface area (Å²) < 4.78 is 5.27. The van der Waals surface area contributed by atoms with Crippen molar-refractivity contribution in [2.75, 3.05) is 0 Å². The number of aromatic nitrogens is 2. The first-order chi connectivity index (χ1) is 8.72. The minimum atomic E-state index is -0.287. The van der Waals surface area contributed by atoms with Crippen LogP contribution in [-0.2, 0) is 6.42 Å². The van der Waals surface area contributed by atoms with Gasteiger partial charge in [-0.2, -0.15) is 4.98 Å². The number of hydrogen-bond acceptors (Lipinski definition) is 4. The van der Waals surface area contributed by atoms with Crippen molar-refractivity contribution in [1.82, 2.24) is 10.1 Å². The van der Waals surface area contributed by atoms with Crippen LogP contribution in [0.4, 0.5) is 0 Å². The first kappa shape index (κ1) is 12.2. The molecule has 2 saturated carbocycles. The van der Waals surface area contributed by atoms with Crippen molar-refractivity contribution in [1.29, 1.82) is 0 Å². The Morgan fingerprint density at radius 2 is 1.94 bits per heavy atom. The van der Waals surface area contributed by atoms with Crippen LogP contribution >= 0.6 is 0 Å². The van der Waals surface area contributed by atoms with Crippen LogP contribution in [0, 0.1) is 11.8 Å². The van der Waals surface area contributed by atoms with Gasteiger partial charge in [-0.1, -0.05) is 24.9 Å². The highest BCUT2D eigenvalue weighted by Crippen LogP contribution is 2.35. The maximum atomic E-state index is 9.87. The summed E-state index contributed by atoms with van der Waals surface area (Å²) in [5, 5.41) is 14.0. The summed E-state index contributed by atoms with van der Waals surface area (Å²) in [6.07, 6.45) is 7.39. The second-order valence-electron chi connectivity index (χ2n) is 6.11. The zero-order valence-corrected chi connectivity index (χ0v) is 11.0. The first-order valence-electron chi connectivity index (χ1n) is 7.23. The first-order valence-corrected chi connectivity index (χ1v) is 7.23. The van der Waals surface area contributed by atoms with E-state index in [1.807, 2.05) is 0 Å². The Bertz CT molecular complexity index is 392. The second kappa shape index (κ2) is 5.00. The van der Waals surface area contributed by atoms with Gasteiger partial charge in [-0.3, -0.25) is 0 Å². The van der Waals surface area contributed by atoms with Crippen LogP contribution in [0.5, 0.6) is 0 Å². The number of hydrogen-bond donors (Lipinski definition) is 1. The topological polar surface area (TPSA) is 59.2 Å². The van der Waals surface area contributed by atoms with Crippen molar-refractivity contribution in [3.05, 3.63) is 11.7 Å². The van der Waals surface area contributed by atoms with E-state index < -0.39 is 0 Å². The van der Waals surface area contributed by atoms with Crippen LogP contribution in [0.1, 0.15) is 63.1 Å². The smallest absolute Gasteiger partial charge is 0.229 e. The van der Waals surface area contributed by atoms with E-state index in [0.29, 0.717) is 24.1 Å². The van der Waals surface area contributed by atoms with Crippen LogP contribution < -0.4 is 0 Å². The SMILES string of the molecule is CC1CCC(c2noc(CC(O)C3CC3)n2)CC1. The van der Waals surface area contributed by atoms with Gasteiger partial charge in [-0.15, -0.1) is 0 Å². The van der Waals surface area contributed by atoms with E-state index in [4.69, 9.17) is 4.52 Å². The fraction of sp³-hybridized carbons (Fsp3) is 0.857. The standard InChI is InChI=1S/C14H22N2O2/c1-9-2-4-11(5-3-9)14-15-13(18-16-14)8-12(17)10-6-7-10/h9-12,17H,2-8H2,1H3. The molecule has 18 heavy (non-hydrogen) atoms. The van der Waals surface area contributed by atoms with E-state index in [1.54, 1.807) is 0 Å². The molecule has 2 aliphatic carbocycles. The summed E-state index contributed by atoms with van der Waals surface area (Å²) in [4.78, 5) is 4.47. The molecule has 0 aromatic carbocycles. The third-order valence-electron chi connectivity index (χ3n) is 4.41. The van der Waals surface area contributed by atoms with E-state index in [0.717, 1.165) is 24.6 Å². The molecule has 1 unspecified atom stereocenters. The Morgan fingerprint density at radius 1 is 1.22 bits per heavy atom. The lowest BCUT2D eigenvalue weighted by molar-refractivity contribution is 0.140. The second-order valence-corrected chi connectivity index (χ2v) is 6.11. The molecule has 1 atom stereocenters. The third kappa shape index (κ3) is 2.74. The summed E-state index contributed by atoms with van der Waals surface area (Å²) in [5.41, 5.74) is 0. The molecule has 4 heteroatoms. The van der Waals surface area contributed by atoms with Gasteiger partial charge in [0.05, 0.1) is 12.5 Å². The molecule has 0 radical (unpaired) electrons. The molecular weight excluding hydrogens is 228 g/mol. The molecule has 0 saturated heterocycles. The van der Waals surface area contributed by atoms with Gasteiger partial charge in [0.15, 0.2) is 5.82 Å². The van der Waals surface area contributed by atoms with Crippen molar-refractivity contribution < 1.29 is 9.63 Å². The van der Waals surface area contributed by atoms with Crippen LogP contribution in [0.15, 0.2) is 4.52 Å². The number of rotatable bonds is 4. The van der Waals surface area contributed by atoms with Crippen LogP contribution in [-0.4, -0.2) is 21.4 Å². The summed E-state index contributed by atoms with van der Waals surface area (Å²) in [6.45, 7) is 2.31. The lowest BCUT2D eigenvalue weighted by Gasteiger charge is -2.23. The highest BCUT2D eigenvalue weighted by molar-refractivity contribution is 4.99. The maximum absolute atomic E-state index is 9.87. The summed E-state index contributed by atoms with van der Waals surface area (Å²) in [6, 6.07) is 0. The van der Waals surface area contributed by atoms with E-state index in [1.165, 1.54) is 25.7 Å². The van der Waals surface area contributed by atoms with Gasteiger partial charge in [-0.25, -0.2) is 0 Å². The molecule has 0 bridgehead atoms. The van der Waals surface area contributed by atoms with E-state index in [-0.39, 0.29) is 6.10 Å². The molecule has 0 amide bonds. The zero-order chi connectivity index (χ0) is 12.5. The predicted molar refractivity (Wildman–Crippen MR) is 67.1 cm³/mol. The maximum Gasteiger partial charge on any atom is 0.229 e. The third-order valence-corrected chi connectivity index (χ3v) is 4.41. The molecule has 2 aliphatic rings. The molecule has 1 aromatic rings. The van der Waals surface area contributed by atoms with Crippen molar-refractivity contribution in [2.24, 2.45) is 11.8 Å². The van der Waals surface area contributed by atoms with E-state index >= 15 is 0 Å². The van der Waals surface area contributed by atoms with E-state index in [9.17, 15) is 5.11 Å². The Labute approximate surface area is 108 Å². The monoisotopic (exact) mass is 250 g/mol. The van der Waals surface area contributed by atoms with Gasteiger partial charge < -0.3 is 9.63 Å². The molecular formula is C14H22N2O2. The molecule has 3 rings (SSSR count). The Hall–Kier alpha value is -0.900. The normalized spacial score (nSPS) is 30.3. The quantitative estimate of drug-likeness (QED) is 0.892. The van der Waals surface area contributed by atoms with Crippen molar-refractivity contribution in [2.45, 2.75) is 63.9 Å². The van der Waals surface area contributed by atoms with E-state index in [2.05, 4.69) is 17.1 Å². The fourth-order valence-electron chi connectivity index (χ4n) is 2.86. The van der Waals surface area contributed by atoms with Gasteiger partial charge in [-0.05, 0) is 37.5 Å². The number of aliphatic hydroxyl groups is 1.